The van der Waals surface area contributed by atoms with E-state index in [-0.39, 0.29) is 12.6 Å². The maximum absolute atomic E-state index is 11.4. The first-order valence-corrected chi connectivity index (χ1v) is 9.07. The lowest BCUT2D eigenvalue weighted by atomic mass is 10.1. The molecule has 7 heteroatoms. The molecule has 0 saturated carbocycles. The normalized spacial score (nSPS) is 23.5. The largest absolute Gasteiger partial charge is 0.480 e. The standard InChI is InChI=1S/C19H34N4O3/c1-4-17(20)7-5-6-8-18-15-22(3)12-14-26-13-11-21(2)9-10-23(18)16-19(24)25/h4-7,18H,1,8-16,20H2,2-3H3,(H,24,25)/b6-5+,17-7+/t18-/m1/s1. The van der Waals surface area contributed by atoms with E-state index in [1.54, 1.807) is 12.2 Å². The fourth-order valence-electron chi connectivity index (χ4n) is 2.79. The minimum absolute atomic E-state index is 0.0430. The first kappa shape index (κ1) is 22.4. The molecule has 0 radical (unpaired) electrons. The van der Waals surface area contributed by atoms with Crippen molar-refractivity contribution in [1.82, 2.24) is 14.7 Å². The molecule has 0 aromatic carbocycles. The number of aliphatic carboxylic acids is 1. The molecule has 0 amide bonds. The Kier molecular flexibility index (Phi) is 10.9. The quantitative estimate of drug-likeness (QED) is 0.667. The number of hydrogen-bond acceptors (Lipinski definition) is 6. The fraction of sp³-hybridized carbons (Fsp3) is 0.632. The van der Waals surface area contributed by atoms with Gasteiger partial charge in [-0.15, -0.1) is 0 Å². The van der Waals surface area contributed by atoms with Crippen LogP contribution in [-0.4, -0.2) is 98.4 Å². The van der Waals surface area contributed by atoms with Gasteiger partial charge >= 0.3 is 5.97 Å². The first-order chi connectivity index (χ1) is 12.4. The van der Waals surface area contributed by atoms with Crippen LogP contribution in [0.5, 0.6) is 0 Å². The lowest BCUT2D eigenvalue weighted by Crippen LogP contribution is -2.48. The van der Waals surface area contributed by atoms with Gasteiger partial charge in [0, 0.05) is 44.5 Å². The molecule has 3 N–H and O–H groups in total. The Morgan fingerprint density at radius 1 is 1.23 bits per heavy atom. The van der Waals surface area contributed by atoms with Crippen LogP contribution in [0.15, 0.2) is 36.6 Å². The zero-order chi connectivity index (χ0) is 19.4. The van der Waals surface area contributed by atoms with Crippen molar-refractivity contribution in [3.05, 3.63) is 36.6 Å². The van der Waals surface area contributed by atoms with Gasteiger partial charge in [-0.05, 0) is 32.7 Å². The second-order valence-electron chi connectivity index (χ2n) is 6.73. The van der Waals surface area contributed by atoms with Crippen LogP contribution in [0.4, 0.5) is 0 Å². The van der Waals surface area contributed by atoms with Crippen molar-refractivity contribution in [3.8, 4) is 0 Å². The number of nitrogens with two attached hydrogens (primary N) is 1. The van der Waals surface area contributed by atoms with Gasteiger partial charge < -0.3 is 25.4 Å². The molecule has 0 aliphatic carbocycles. The minimum Gasteiger partial charge on any atom is -0.480 e. The van der Waals surface area contributed by atoms with Crippen molar-refractivity contribution in [2.75, 3.05) is 66.6 Å². The summed E-state index contributed by atoms with van der Waals surface area (Å²) in [6.07, 6.45) is 8.09. The van der Waals surface area contributed by atoms with Gasteiger partial charge in [-0.2, -0.15) is 0 Å². The molecule has 1 aliphatic heterocycles. The summed E-state index contributed by atoms with van der Waals surface area (Å²) in [7, 11) is 4.09. The molecule has 0 bridgehead atoms. The second kappa shape index (κ2) is 12.6. The van der Waals surface area contributed by atoms with Crippen molar-refractivity contribution in [2.45, 2.75) is 12.5 Å². The summed E-state index contributed by atoms with van der Waals surface area (Å²) in [5, 5.41) is 9.34. The third-order valence-electron chi connectivity index (χ3n) is 4.45. The molecule has 0 unspecified atom stereocenters. The Labute approximate surface area is 157 Å². The molecule has 1 heterocycles. The van der Waals surface area contributed by atoms with Crippen molar-refractivity contribution >= 4 is 5.97 Å². The van der Waals surface area contributed by atoms with Crippen LogP contribution in [0, 0.1) is 0 Å². The number of carboxylic acid groups (broad SMARTS) is 1. The molecule has 26 heavy (non-hydrogen) atoms. The average molecular weight is 367 g/mol. The van der Waals surface area contributed by atoms with Gasteiger partial charge in [-0.3, -0.25) is 9.69 Å². The van der Waals surface area contributed by atoms with Crippen molar-refractivity contribution in [3.63, 3.8) is 0 Å². The summed E-state index contributed by atoms with van der Waals surface area (Å²) in [5.74, 6) is -0.796. The Morgan fingerprint density at radius 3 is 2.58 bits per heavy atom. The highest BCUT2D eigenvalue weighted by Gasteiger charge is 2.22. The molecule has 148 valence electrons. The van der Waals surface area contributed by atoms with E-state index >= 15 is 0 Å². The maximum Gasteiger partial charge on any atom is 0.317 e. The van der Waals surface area contributed by atoms with Gasteiger partial charge in [0.15, 0.2) is 0 Å². The SMILES string of the molecule is C=C/C(N)=C\C=C\C[C@@H]1CN(C)CCOCCN(C)CCN1CC(=O)O. The summed E-state index contributed by atoms with van der Waals surface area (Å²) < 4.78 is 5.68. The number of hydrogen-bond donors (Lipinski definition) is 2. The molecule has 1 fully saturated rings. The molecular weight excluding hydrogens is 332 g/mol. The van der Waals surface area contributed by atoms with Gasteiger partial charge in [-0.25, -0.2) is 0 Å². The predicted molar refractivity (Wildman–Crippen MR) is 105 cm³/mol. The number of ether oxygens (including phenoxy) is 1. The third kappa shape index (κ3) is 9.72. The first-order valence-electron chi connectivity index (χ1n) is 9.07. The van der Waals surface area contributed by atoms with Crippen molar-refractivity contribution < 1.29 is 14.6 Å². The summed E-state index contributed by atoms with van der Waals surface area (Å²) >= 11 is 0. The maximum atomic E-state index is 11.4. The van der Waals surface area contributed by atoms with E-state index in [4.69, 9.17) is 10.5 Å². The number of likely N-dealkylation sites (N-methyl/N-ethyl adjacent to an activating group) is 2. The predicted octanol–water partition coefficient (Wildman–Crippen LogP) is 0.610. The topological polar surface area (TPSA) is 82.3 Å². The van der Waals surface area contributed by atoms with Crippen molar-refractivity contribution in [1.29, 1.82) is 0 Å². The highest BCUT2D eigenvalue weighted by molar-refractivity contribution is 5.69. The van der Waals surface area contributed by atoms with E-state index in [9.17, 15) is 9.90 Å². The van der Waals surface area contributed by atoms with Gasteiger partial charge in [0.05, 0.1) is 19.8 Å². The number of allylic oxidation sites excluding steroid dienone is 3. The van der Waals surface area contributed by atoms with Crippen LogP contribution in [0.25, 0.3) is 0 Å². The molecule has 1 aliphatic rings. The highest BCUT2D eigenvalue weighted by atomic mass is 16.5. The van der Waals surface area contributed by atoms with Gasteiger partial charge in [0.2, 0.25) is 0 Å². The van der Waals surface area contributed by atoms with E-state index in [1.165, 1.54) is 0 Å². The Hall–Kier alpha value is -1.67. The molecule has 0 aromatic heterocycles. The summed E-state index contributed by atoms with van der Waals surface area (Å²) in [6.45, 7) is 9.03. The van der Waals surface area contributed by atoms with Crippen LogP contribution in [0.3, 0.4) is 0 Å². The van der Waals surface area contributed by atoms with Crippen LogP contribution < -0.4 is 5.73 Å². The monoisotopic (exact) mass is 366 g/mol. The summed E-state index contributed by atoms with van der Waals surface area (Å²) in [5.41, 5.74) is 6.32. The number of carboxylic acids is 1. The Balaban J connectivity index is 2.86. The van der Waals surface area contributed by atoms with Gasteiger partial charge in [-0.1, -0.05) is 18.7 Å². The highest BCUT2D eigenvalue weighted by Crippen LogP contribution is 2.09. The molecule has 0 aromatic rings. The summed E-state index contributed by atoms with van der Waals surface area (Å²) in [4.78, 5) is 17.8. The Morgan fingerprint density at radius 2 is 1.92 bits per heavy atom. The van der Waals surface area contributed by atoms with E-state index in [0.29, 0.717) is 25.5 Å². The fourth-order valence-corrected chi connectivity index (χ4v) is 2.79. The molecular formula is C19H34N4O3. The third-order valence-corrected chi connectivity index (χ3v) is 4.45. The smallest absolute Gasteiger partial charge is 0.317 e. The van der Waals surface area contributed by atoms with E-state index in [2.05, 4.69) is 21.3 Å². The van der Waals surface area contributed by atoms with Crippen LogP contribution >= 0.6 is 0 Å². The zero-order valence-electron chi connectivity index (χ0n) is 16.1. The summed E-state index contributed by atoms with van der Waals surface area (Å²) in [6, 6.07) is 0.110. The lowest BCUT2D eigenvalue weighted by molar-refractivity contribution is -0.139. The van der Waals surface area contributed by atoms with Crippen LogP contribution in [-0.2, 0) is 9.53 Å². The van der Waals surface area contributed by atoms with E-state index in [1.807, 2.05) is 26.2 Å². The number of nitrogens with zero attached hydrogens (tertiary/aromatic N) is 3. The molecule has 1 rings (SSSR count). The van der Waals surface area contributed by atoms with Crippen LogP contribution in [0.2, 0.25) is 0 Å². The van der Waals surface area contributed by atoms with Gasteiger partial charge in [0.25, 0.3) is 0 Å². The van der Waals surface area contributed by atoms with E-state index < -0.39 is 5.97 Å². The number of carbonyl (C=O) groups is 1. The molecule has 1 saturated heterocycles. The van der Waals surface area contributed by atoms with E-state index in [0.717, 1.165) is 32.6 Å². The van der Waals surface area contributed by atoms with Crippen LogP contribution in [0.1, 0.15) is 6.42 Å². The molecule has 1 atom stereocenters. The molecule has 7 nitrogen and oxygen atoms in total. The van der Waals surface area contributed by atoms with Crippen molar-refractivity contribution in [2.24, 2.45) is 5.73 Å². The molecule has 0 spiro atoms. The second-order valence-corrected chi connectivity index (χ2v) is 6.73. The number of rotatable bonds is 6. The lowest BCUT2D eigenvalue weighted by Gasteiger charge is -2.34. The average Bonchev–Trinajstić information content (AvgIpc) is 2.59. The minimum atomic E-state index is -0.796. The van der Waals surface area contributed by atoms with Gasteiger partial charge in [0.1, 0.15) is 0 Å². The zero-order valence-corrected chi connectivity index (χ0v) is 16.1. The Bertz CT molecular complexity index is 493.